The fourth-order valence-corrected chi connectivity index (χ4v) is 1.80. The van der Waals surface area contributed by atoms with Crippen LogP contribution in [0.15, 0.2) is 12.4 Å². The van der Waals surface area contributed by atoms with Crippen molar-refractivity contribution in [1.29, 1.82) is 0 Å². The van der Waals surface area contributed by atoms with E-state index in [4.69, 9.17) is 4.74 Å². The third-order valence-corrected chi connectivity index (χ3v) is 2.61. The molecule has 6 heteroatoms. The van der Waals surface area contributed by atoms with Crippen molar-refractivity contribution in [3.05, 3.63) is 18.1 Å². The molecule has 0 aromatic carbocycles. The minimum Gasteiger partial charge on any atom is -0.374 e. The number of aromatic nitrogens is 4. The van der Waals surface area contributed by atoms with Crippen molar-refractivity contribution < 1.29 is 4.74 Å². The first-order valence-electron chi connectivity index (χ1n) is 6.07. The summed E-state index contributed by atoms with van der Waals surface area (Å²) < 4.78 is 7.34. The van der Waals surface area contributed by atoms with Crippen LogP contribution < -0.4 is 5.32 Å². The van der Waals surface area contributed by atoms with Gasteiger partial charge >= 0.3 is 0 Å². The summed E-state index contributed by atoms with van der Waals surface area (Å²) in [6.45, 7) is 9.43. The molecule has 0 aliphatic heterocycles. The van der Waals surface area contributed by atoms with Crippen LogP contribution in [0.5, 0.6) is 0 Å². The Morgan fingerprint density at radius 2 is 2.22 bits per heavy atom. The summed E-state index contributed by atoms with van der Waals surface area (Å²) in [5, 5.41) is 7.48. The summed E-state index contributed by atoms with van der Waals surface area (Å²) >= 11 is 0. The van der Waals surface area contributed by atoms with Crippen molar-refractivity contribution in [2.75, 3.05) is 18.5 Å². The van der Waals surface area contributed by atoms with E-state index in [9.17, 15) is 0 Å². The highest BCUT2D eigenvalue weighted by Gasteiger charge is 2.18. The summed E-state index contributed by atoms with van der Waals surface area (Å²) in [6.07, 6.45) is 1.50. The number of nitrogens with one attached hydrogen (secondary N) is 1. The first-order chi connectivity index (χ1) is 8.52. The Morgan fingerprint density at radius 3 is 2.94 bits per heavy atom. The maximum atomic E-state index is 5.65. The summed E-state index contributed by atoms with van der Waals surface area (Å²) in [7, 11) is 0. The molecule has 1 N–H and O–H groups in total. The Morgan fingerprint density at radius 1 is 1.44 bits per heavy atom. The number of hydrogen-bond donors (Lipinski definition) is 1. The second kappa shape index (κ2) is 4.89. The molecule has 0 aliphatic rings. The highest BCUT2D eigenvalue weighted by atomic mass is 16.5. The Hall–Kier alpha value is -1.69. The smallest absolute Gasteiger partial charge is 0.254 e. The summed E-state index contributed by atoms with van der Waals surface area (Å²) in [6, 6.07) is 1.95. The van der Waals surface area contributed by atoms with Gasteiger partial charge in [0.1, 0.15) is 12.1 Å². The molecule has 6 nitrogen and oxygen atoms in total. The molecular formula is C12H19N5O. The zero-order chi connectivity index (χ0) is 13.2. The zero-order valence-electron chi connectivity index (χ0n) is 11.3. The molecule has 0 unspecified atom stereocenters. The van der Waals surface area contributed by atoms with Crippen molar-refractivity contribution in [2.45, 2.75) is 33.3 Å². The second-order valence-electron chi connectivity index (χ2n) is 4.80. The maximum Gasteiger partial charge on any atom is 0.254 e. The van der Waals surface area contributed by atoms with Gasteiger partial charge in [0.05, 0.1) is 5.60 Å². The number of ether oxygens (including phenoxy) is 1. The Kier molecular flexibility index (Phi) is 3.47. The van der Waals surface area contributed by atoms with Crippen LogP contribution in [0.1, 0.15) is 26.5 Å². The number of fused-ring (bicyclic) bond motifs is 1. The Labute approximate surface area is 106 Å². The van der Waals surface area contributed by atoms with Crippen LogP contribution in [0.2, 0.25) is 0 Å². The van der Waals surface area contributed by atoms with E-state index in [1.54, 1.807) is 4.52 Å². The Bertz CT molecular complexity index is 534. The standard InChI is InChI=1S/C12H19N5O/c1-5-18-12(3,4)7-13-10-6-9(2)16-11-14-8-15-17(10)11/h6,8,13H,5,7H2,1-4H3. The van der Waals surface area contributed by atoms with Crippen molar-refractivity contribution in [1.82, 2.24) is 19.6 Å². The van der Waals surface area contributed by atoms with Gasteiger partial charge < -0.3 is 10.1 Å². The molecule has 0 radical (unpaired) electrons. The molecule has 0 saturated carbocycles. The van der Waals surface area contributed by atoms with Gasteiger partial charge in [-0.1, -0.05) is 0 Å². The highest BCUT2D eigenvalue weighted by molar-refractivity contribution is 5.44. The first-order valence-corrected chi connectivity index (χ1v) is 6.07. The van der Waals surface area contributed by atoms with Gasteiger partial charge in [-0.05, 0) is 27.7 Å². The van der Waals surface area contributed by atoms with Crippen LogP contribution in [0.3, 0.4) is 0 Å². The lowest BCUT2D eigenvalue weighted by Gasteiger charge is -2.25. The van der Waals surface area contributed by atoms with E-state index in [-0.39, 0.29) is 5.60 Å². The van der Waals surface area contributed by atoms with E-state index < -0.39 is 0 Å². The average Bonchev–Trinajstić information content (AvgIpc) is 2.73. The topological polar surface area (TPSA) is 64.3 Å². The van der Waals surface area contributed by atoms with E-state index in [0.29, 0.717) is 18.9 Å². The second-order valence-corrected chi connectivity index (χ2v) is 4.80. The summed E-state index contributed by atoms with van der Waals surface area (Å²) in [5.41, 5.74) is 0.686. The normalized spacial score (nSPS) is 12.0. The van der Waals surface area contributed by atoms with Gasteiger partial charge in [0.25, 0.3) is 5.78 Å². The van der Waals surface area contributed by atoms with Gasteiger partial charge in [0, 0.05) is 24.9 Å². The molecular weight excluding hydrogens is 230 g/mol. The van der Waals surface area contributed by atoms with E-state index in [0.717, 1.165) is 11.5 Å². The molecule has 2 rings (SSSR count). The monoisotopic (exact) mass is 249 g/mol. The molecule has 2 heterocycles. The van der Waals surface area contributed by atoms with Crippen LogP contribution in [0.25, 0.3) is 5.78 Å². The van der Waals surface area contributed by atoms with Gasteiger partial charge in [-0.3, -0.25) is 0 Å². The van der Waals surface area contributed by atoms with Gasteiger partial charge in [0.2, 0.25) is 0 Å². The molecule has 0 saturated heterocycles. The molecule has 0 aliphatic carbocycles. The van der Waals surface area contributed by atoms with Crippen LogP contribution in [0, 0.1) is 6.92 Å². The van der Waals surface area contributed by atoms with Gasteiger partial charge in [0.15, 0.2) is 0 Å². The lowest BCUT2D eigenvalue weighted by Crippen LogP contribution is -2.33. The van der Waals surface area contributed by atoms with Crippen molar-refractivity contribution in [3.63, 3.8) is 0 Å². The maximum absolute atomic E-state index is 5.65. The third-order valence-electron chi connectivity index (χ3n) is 2.61. The molecule has 2 aromatic rings. The number of aryl methyl sites for hydroxylation is 1. The largest absolute Gasteiger partial charge is 0.374 e. The van der Waals surface area contributed by atoms with Crippen molar-refractivity contribution >= 4 is 11.6 Å². The number of hydrogen-bond acceptors (Lipinski definition) is 5. The van der Waals surface area contributed by atoms with Crippen LogP contribution in [0.4, 0.5) is 5.82 Å². The molecule has 0 fully saturated rings. The minimum atomic E-state index is -0.223. The fraction of sp³-hybridized carbons (Fsp3) is 0.583. The third kappa shape index (κ3) is 2.76. The predicted molar refractivity (Wildman–Crippen MR) is 69.7 cm³/mol. The van der Waals surface area contributed by atoms with Crippen LogP contribution in [-0.4, -0.2) is 38.3 Å². The molecule has 18 heavy (non-hydrogen) atoms. The number of nitrogens with zero attached hydrogens (tertiary/aromatic N) is 4. The quantitative estimate of drug-likeness (QED) is 0.873. The van der Waals surface area contributed by atoms with Crippen LogP contribution in [-0.2, 0) is 4.74 Å². The molecule has 0 bridgehead atoms. The van der Waals surface area contributed by atoms with Gasteiger partial charge in [-0.2, -0.15) is 14.6 Å². The first kappa shape index (κ1) is 12.8. The minimum absolute atomic E-state index is 0.223. The zero-order valence-corrected chi connectivity index (χ0v) is 11.3. The Balaban J connectivity index is 2.19. The SMILES string of the molecule is CCOC(C)(C)CNc1cc(C)nc2ncnn12. The van der Waals surface area contributed by atoms with E-state index >= 15 is 0 Å². The molecule has 0 spiro atoms. The highest BCUT2D eigenvalue weighted by Crippen LogP contribution is 2.14. The molecule has 2 aromatic heterocycles. The van der Waals surface area contributed by atoms with Crippen LogP contribution >= 0.6 is 0 Å². The van der Waals surface area contributed by atoms with Gasteiger partial charge in [-0.25, -0.2) is 4.98 Å². The molecule has 0 amide bonds. The number of anilines is 1. The van der Waals surface area contributed by atoms with Crippen molar-refractivity contribution in [2.24, 2.45) is 0 Å². The summed E-state index contributed by atoms with van der Waals surface area (Å²) in [4.78, 5) is 8.39. The van der Waals surface area contributed by atoms with E-state index in [2.05, 4.69) is 34.2 Å². The van der Waals surface area contributed by atoms with Gasteiger partial charge in [-0.15, -0.1) is 0 Å². The summed E-state index contributed by atoms with van der Waals surface area (Å²) in [5.74, 6) is 1.48. The van der Waals surface area contributed by atoms with E-state index in [1.165, 1.54) is 6.33 Å². The molecule has 98 valence electrons. The number of rotatable bonds is 5. The van der Waals surface area contributed by atoms with E-state index in [1.807, 2.05) is 19.9 Å². The van der Waals surface area contributed by atoms with Crippen molar-refractivity contribution in [3.8, 4) is 0 Å². The molecule has 0 atom stereocenters. The average molecular weight is 249 g/mol. The lowest BCUT2D eigenvalue weighted by atomic mass is 10.1. The predicted octanol–water partition coefficient (Wildman–Crippen LogP) is 1.66. The fourth-order valence-electron chi connectivity index (χ4n) is 1.80. The lowest BCUT2D eigenvalue weighted by molar-refractivity contribution is 0.000615.